The van der Waals surface area contributed by atoms with Crippen molar-refractivity contribution < 1.29 is 9.59 Å². The summed E-state index contributed by atoms with van der Waals surface area (Å²) in [6, 6.07) is 10.8. The normalized spacial score (nSPS) is 15.9. The molecule has 1 saturated carbocycles. The predicted octanol–water partition coefficient (Wildman–Crippen LogP) is 3.33. The third kappa shape index (κ3) is 3.53. The van der Waals surface area contributed by atoms with Crippen LogP contribution in [0, 0.1) is 11.3 Å². The Balaban J connectivity index is 1.63. The van der Waals surface area contributed by atoms with Gasteiger partial charge in [-0.15, -0.1) is 11.8 Å². The Morgan fingerprint density at radius 3 is 2.86 bits per heavy atom. The van der Waals surface area contributed by atoms with E-state index in [4.69, 9.17) is 0 Å². The molecule has 7 nitrogen and oxygen atoms in total. The first-order chi connectivity index (χ1) is 13.6. The number of aromatic nitrogens is 1. The first-order valence-electron chi connectivity index (χ1n) is 9.06. The molecule has 2 heterocycles. The summed E-state index contributed by atoms with van der Waals surface area (Å²) in [6.45, 7) is 1.18. The Labute approximate surface area is 167 Å². The minimum absolute atomic E-state index is 0.150. The summed E-state index contributed by atoms with van der Waals surface area (Å²) in [5.74, 6) is 0.0290. The van der Waals surface area contributed by atoms with Crippen LogP contribution in [0.15, 0.2) is 35.4 Å². The van der Waals surface area contributed by atoms with Crippen LogP contribution in [-0.4, -0.2) is 36.3 Å². The van der Waals surface area contributed by atoms with Crippen LogP contribution < -0.4 is 15.5 Å². The molecule has 4 rings (SSSR count). The third-order valence-corrected chi connectivity index (χ3v) is 5.51. The molecule has 1 aliphatic carbocycles. The number of pyridine rings is 1. The molecule has 0 unspecified atom stereocenters. The number of hydrogen-bond acceptors (Lipinski definition) is 5. The van der Waals surface area contributed by atoms with E-state index in [1.165, 1.54) is 11.8 Å². The lowest BCUT2D eigenvalue weighted by Gasteiger charge is -2.16. The maximum Gasteiger partial charge on any atom is 0.321 e. The molecule has 3 amide bonds. The number of benzene rings is 1. The van der Waals surface area contributed by atoms with Crippen molar-refractivity contribution >= 4 is 35.1 Å². The van der Waals surface area contributed by atoms with Crippen LogP contribution in [-0.2, 0) is 0 Å². The highest BCUT2D eigenvalue weighted by atomic mass is 32.2. The van der Waals surface area contributed by atoms with Crippen molar-refractivity contribution in [3.8, 4) is 6.07 Å². The molecule has 8 heteroatoms. The van der Waals surface area contributed by atoms with Crippen LogP contribution in [0.4, 0.5) is 16.2 Å². The van der Waals surface area contributed by atoms with Crippen molar-refractivity contribution in [3.05, 3.63) is 47.2 Å². The molecule has 2 fully saturated rings. The van der Waals surface area contributed by atoms with E-state index in [1.807, 2.05) is 12.3 Å². The van der Waals surface area contributed by atoms with E-state index < -0.39 is 0 Å². The van der Waals surface area contributed by atoms with E-state index in [0.717, 1.165) is 18.5 Å². The standard InChI is InChI=1S/C20H19N5O2S/c1-28-19-16(11-21)15(10-17(24-19)12-5-6-12)18(26)23-13-3-2-4-14(9-13)25-8-7-22-20(25)27/h2-4,9-10,12H,5-8H2,1H3,(H,22,27)(H,23,26). The smallest absolute Gasteiger partial charge is 0.321 e. The molecule has 1 aliphatic heterocycles. The van der Waals surface area contributed by atoms with Crippen molar-refractivity contribution in [2.24, 2.45) is 0 Å². The minimum Gasteiger partial charge on any atom is -0.336 e. The van der Waals surface area contributed by atoms with Gasteiger partial charge in [-0.3, -0.25) is 9.69 Å². The summed E-state index contributed by atoms with van der Waals surface area (Å²) in [7, 11) is 0. The number of hydrogen-bond donors (Lipinski definition) is 2. The van der Waals surface area contributed by atoms with Crippen molar-refractivity contribution in [1.29, 1.82) is 5.26 Å². The van der Waals surface area contributed by atoms with Crippen LogP contribution in [0.25, 0.3) is 0 Å². The highest BCUT2D eigenvalue weighted by Crippen LogP contribution is 2.40. The average Bonchev–Trinajstić information content (AvgIpc) is 3.47. The number of rotatable bonds is 5. The molecule has 0 radical (unpaired) electrons. The number of anilines is 2. The molecule has 0 atom stereocenters. The van der Waals surface area contributed by atoms with Gasteiger partial charge in [0.15, 0.2) is 0 Å². The van der Waals surface area contributed by atoms with Gasteiger partial charge in [0.05, 0.1) is 11.1 Å². The molecule has 2 aliphatic rings. The fourth-order valence-corrected chi connectivity index (χ4v) is 3.79. The fraction of sp³-hybridized carbons (Fsp3) is 0.300. The van der Waals surface area contributed by atoms with Gasteiger partial charge in [-0.05, 0) is 43.4 Å². The number of thioether (sulfide) groups is 1. The lowest BCUT2D eigenvalue weighted by Crippen LogP contribution is -2.27. The lowest BCUT2D eigenvalue weighted by molar-refractivity contribution is 0.102. The van der Waals surface area contributed by atoms with E-state index in [2.05, 4.69) is 21.7 Å². The Hall–Kier alpha value is -3.05. The molecular formula is C20H19N5O2S. The van der Waals surface area contributed by atoms with Crippen molar-refractivity contribution in [2.45, 2.75) is 23.8 Å². The maximum absolute atomic E-state index is 13.0. The molecule has 1 aromatic heterocycles. The second-order valence-electron chi connectivity index (χ2n) is 6.75. The molecule has 0 spiro atoms. The number of carbonyl (C=O) groups is 2. The Bertz CT molecular complexity index is 997. The molecule has 0 bridgehead atoms. The zero-order valence-corrected chi connectivity index (χ0v) is 16.2. The van der Waals surface area contributed by atoms with Gasteiger partial charge < -0.3 is 10.6 Å². The van der Waals surface area contributed by atoms with E-state index >= 15 is 0 Å². The molecule has 2 N–H and O–H groups in total. The fourth-order valence-electron chi connectivity index (χ4n) is 3.23. The van der Waals surface area contributed by atoms with Crippen LogP contribution in [0.3, 0.4) is 0 Å². The van der Waals surface area contributed by atoms with E-state index in [9.17, 15) is 14.9 Å². The number of nitrogens with zero attached hydrogens (tertiary/aromatic N) is 3. The summed E-state index contributed by atoms with van der Waals surface area (Å²) < 4.78 is 0. The topological polar surface area (TPSA) is 98.1 Å². The molecular weight excluding hydrogens is 374 g/mol. The largest absolute Gasteiger partial charge is 0.336 e. The van der Waals surface area contributed by atoms with Gasteiger partial charge in [-0.25, -0.2) is 9.78 Å². The van der Waals surface area contributed by atoms with Gasteiger partial charge in [0.2, 0.25) is 0 Å². The monoisotopic (exact) mass is 393 g/mol. The van der Waals surface area contributed by atoms with Gasteiger partial charge in [-0.2, -0.15) is 5.26 Å². The SMILES string of the molecule is CSc1nc(C2CC2)cc(C(=O)Nc2cccc(N3CCNC3=O)c2)c1C#N. The van der Waals surface area contributed by atoms with Crippen molar-refractivity contribution in [2.75, 3.05) is 29.6 Å². The zero-order valence-electron chi connectivity index (χ0n) is 15.4. The van der Waals surface area contributed by atoms with Gasteiger partial charge in [0.25, 0.3) is 5.91 Å². The van der Waals surface area contributed by atoms with Crippen LogP contribution in [0.5, 0.6) is 0 Å². The summed E-state index contributed by atoms with van der Waals surface area (Å²) in [5.41, 5.74) is 2.79. The number of urea groups is 1. The predicted molar refractivity (Wildman–Crippen MR) is 108 cm³/mol. The number of nitrogens with one attached hydrogen (secondary N) is 2. The maximum atomic E-state index is 13.0. The summed E-state index contributed by atoms with van der Waals surface area (Å²) in [5, 5.41) is 15.8. The van der Waals surface area contributed by atoms with Gasteiger partial charge in [-0.1, -0.05) is 6.07 Å². The highest BCUT2D eigenvalue weighted by Gasteiger charge is 2.28. The first-order valence-corrected chi connectivity index (χ1v) is 10.3. The highest BCUT2D eigenvalue weighted by molar-refractivity contribution is 7.98. The zero-order chi connectivity index (χ0) is 19.7. The van der Waals surface area contributed by atoms with Crippen LogP contribution >= 0.6 is 11.8 Å². The quantitative estimate of drug-likeness (QED) is 0.759. The van der Waals surface area contributed by atoms with Crippen molar-refractivity contribution in [1.82, 2.24) is 10.3 Å². The van der Waals surface area contributed by atoms with Gasteiger partial charge >= 0.3 is 6.03 Å². The average molecular weight is 393 g/mol. The lowest BCUT2D eigenvalue weighted by atomic mass is 10.1. The second-order valence-corrected chi connectivity index (χ2v) is 7.55. The number of amides is 3. The number of carbonyl (C=O) groups excluding carboxylic acids is 2. The van der Waals surface area contributed by atoms with Gasteiger partial charge in [0, 0.05) is 36.1 Å². The molecule has 1 saturated heterocycles. The third-order valence-electron chi connectivity index (χ3n) is 4.82. The Kier molecular flexibility index (Phi) is 4.92. The van der Waals surface area contributed by atoms with E-state index in [0.29, 0.717) is 46.5 Å². The minimum atomic E-state index is -0.348. The molecule has 142 valence electrons. The van der Waals surface area contributed by atoms with Crippen LogP contribution in [0.2, 0.25) is 0 Å². The summed E-state index contributed by atoms with van der Waals surface area (Å²) in [6.07, 6.45) is 3.98. The molecule has 2 aromatic rings. The number of nitriles is 1. The Morgan fingerprint density at radius 2 is 2.21 bits per heavy atom. The molecule has 1 aromatic carbocycles. The Morgan fingerprint density at radius 1 is 1.39 bits per heavy atom. The van der Waals surface area contributed by atoms with E-state index in [-0.39, 0.29) is 11.9 Å². The van der Waals surface area contributed by atoms with Gasteiger partial charge in [0.1, 0.15) is 11.1 Å². The van der Waals surface area contributed by atoms with Crippen molar-refractivity contribution in [3.63, 3.8) is 0 Å². The van der Waals surface area contributed by atoms with Crippen LogP contribution in [0.1, 0.15) is 40.4 Å². The van der Waals surface area contributed by atoms with E-state index in [1.54, 1.807) is 29.2 Å². The first kappa shape index (κ1) is 18.3. The second kappa shape index (κ2) is 7.52. The summed E-state index contributed by atoms with van der Waals surface area (Å²) in [4.78, 5) is 31.0. The summed E-state index contributed by atoms with van der Waals surface area (Å²) >= 11 is 1.37. The molecule has 28 heavy (non-hydrogen) atoms.